The predicted octanol–water partition coefficient (Wildman–Crippen LogP) is 6.38. The fourth-order valence-corrected chi connectivity index (χ4v) is 3.06. The van der Waals surface area contributed by atoms with E-state index in [0.717, 1.165) is 0 Å². The molecule has 0 bridgehead atoms. The number of rotatable bonds is 2. The molecule has 2 aromatic carbocycles. The largest absolute Gasteiger partial charge is 0.354 e. The maximum absolute atomic E-state index is 3.62. The Bertz CT molecular complexity index is 815. The molecule has 0 aliphatic heterocycles. The minimum absolute atomic E-state index is 0.183. The highest BCUT2D eigenvalue weighted by molar-refractivity contribution is 6.07. The molecule has 1 nitrogen and oxygen atoms in total. The van der Waals surface area contributed by atoms with Crippen LogP contribution in [0, 0.1) is 5.92 Å². The van der Waals surface area contributed by atoms with Crippen LogP contribution in [0.4, 0.5) is 0 Å². The molecule has 0 radical (unpaired) electrons. The van der Waals surface area contributed by atoms with Crippen LogP contribution in [0.2, 0.25) is 0 Å². The van der Waals surface area contributed by atoms with Gasteiger partial charge in [-0.15, -0.1) is 0 Å². The summed E-state index contributed by atoms with van der Waals surface area (Å²) >= 11 is 0. The summed E-state index contributed by atoms with van der Waals surface area (Å²) in [4.78, 5) is 3.62. The van der Waals surface area contributed by atoms with E-state index in [1.807, 2.05) is 0 Å². The van der Waals surface area contributed by atoms with Gasteiger partial charge in [0, 0.05) is 21.8 Å². The summed E-state index contributed by atoms with van der Waals surface area (Å²) in [6.07, 6.45) is 0. The zero-order valence-corrected chi connectivity index (χ0v) is 14.6. The lowest BCUT2D eigenvalue weighted by Gasteiger charge is -2.18. The van der Waals surface area contributed by atoms with Crippen LogP contribution in [-0.4, -0.2) is 4.98 Å². The molecular formula is C21H27N. The van der Waals surface area contributed by atoms with Gasteiger partial charge in [-0.2, -0.15) is 0 Å². The van der Waals surface area contributed by atoms with Crippen molar-refractivity contribution in [2.24, 2.45) is 5.92 Å². The van der Waals surface area contributed by atoms with Crippen LogP contribution in [0.5, 0.6) is 0 Å². The predicted molar refractivity (Wildman–Crippen MR) is 97.8 cm³/mol. The average Bonchev–Trinajstić information content (AvgIpc) is 2.81. The Hall–Kier alpha value is -1.76. The minimum Gasteiger partial charge on any atom is -0.354 e. The minimum atomic E-state index is 0.183. The van der Waals surface area contributed by atoms with Crippen molar-refractivity contribution in [3.8, 4) is 0 Å². The van der Waals surface area contributed by atoms with Crippen LogP contribution < -0.4 is 0 Å². The molecule has 0 amide bonds. The summed E-state index contributed by atoms with van der Waals surface area (Å²) in [5.74, 6) is 1.25. The Morgan fingerprint density at radius 2 is 1.41 bits per heavy atom. The third-order valence-electron chi connectivity index (χ3n) is 5.01. The summed E-state index contributed by atoms with van der Waals surface area (Å²) in [6, 6.07) is 13.7. The number of hydrogen-bond donors (Lipinski definition) is 1. The first-order valence-electron chi connectivity index (χ1n) is 8.33. The van der Waals surface area contributed by atoms with Crippen LogP contribution in [0.1, 0.15) is 58.6 Å². The Morgan fingerprint density at radius 3 is 2.00 bits per heavy atom. The van der Waals surface area contributed by atoms with Crippen molar-refractivity contribution in [1.82, 2.24) is 4.98 Å². The van der Waals surface area contributed by atoms with Crippen LogP contribution in [-0.2, 0) is 5.41 Å². The Balaban J connectivity index is 2.16. The van der Waals surface area contributed by atoms with Crippen molar-refractivity contribution in [2.75, 3.05) is 0 Å². The van der Waals surface area contributed by atoms with Crippen molar-refractivity contribution in [1.29, 1.82) is 0 Å². The van der Waals surface area contributed by atoms with Gasteiger partial charge in [0.15, 0.2) is 0 Å². The number of aromatic nitrogens is 1. The maximum atomic E-state index is 3.62. The smallest absolute Gasteiger partial charge is 0.0467 e. The first-order chi connectivity index (χ1) is 10.3. The van der Waals surface area contributed by atoms with E-state index in [0.29, 0.717) is 11.8 Å². The third kappa shape index (κ3) is 2.54. The van der Waals surface area contributed by atoms with Gasteiger partial charge in [-0.1, -0.05) is 65.8 Å². The lowest BCUT2D eigenvalue weighted by molar-refractivity contribution is 0.535. The molecule has 0 spiro atoms. The molecule has 0 saturated carbocycles. The van der Waals surface area contributed by atoms with E-state index in [-0.39, 0.29) is 5.41 Å². The van der Waals surface area contributed by atoms with E-state index < -0.39 is 0 Å². The number of H-pyrrole nitrogens is 1. The molecule has 0 aliphatic rings. The van der Waals surface area contributed by atoms with E-state index in [1.165, 1.54) is 32.9 Å². The molecule has 3 rings (SSSR count). The fraction of sp³-hybridized carbons (Fsp3) is 0.429. The molecule has 0 saturated heterocycles. The lowest BCUT2D eigenvalue weighted by Crippen LogP contribution is -2.10. The summed E-state index contributed by atoms with van der Waals surface area (Å²) in [5, 5.41) is 2.65. The first-order valence-corrected chi connectivity index (χ1v) is 8.33. The van der Waals surface area contributed by atoms with Crippen LogP contribution in [0.3, 0.4) is 0 Å². The van der Waals surface area contributed by atoms with Gasteiger partial charge in [-0.3, -0.25) is 0 Å². The molecule has 0 aliphatic carbocycles. The molecule has 116 valence electrons. The standard InChI is InChI=1S/C21H27N/c1-13(2)14(3)15-7-9-17-18-10-8-16(21(4,5)6)12-20(18)22-19(17)11-15/h7-14,22H,1-6H3. The quantitative estimate of drug-likeness (QED) is 0.564. The number of aromatic amines is 1. The van der Waals surface area contributed by atoms with Crippen molar-refractivity contribution >= 4 is 21.8 Å². The highest BCUT2D eigenvalue weighted by atomic mass is 14.7. The van der Waals surface area contributed by atoms with Gasteiger partial charge in [0.05, 0.1) is 0 Å². The number of fused-ring (bicyclic) bond motifs is 3. The molecule has 1 heteroatoms. The summed E-state index contributed by atoms with van der Waals surface area (Å²) in [7, 11) is 0. The molecular weight excluding hydrogens is 266 g/mol. The normalized spacial score (nSPS) is 14.1. The number of hydrogen-bond acceptors (Lipinski definition) is 0. The van der Waals surface area contributed by atoms with E-state index in [2.05, 4.69) is 82.9 Å². The molecule has 22 heavy (non-hydrogen) atoms. The summed E-state index contributed by atoms with van der Waals surface area (Å²) < 4.78 is 0. The van der Waals surface area contributed by atoms with Crippen molar-refractivity contribution in [2.45, 2.75) is 52.9 Å². The van der Waals surface area contributed by atoms with E-state index >= 15 is 0 Å². The SMILES string of the molecule is CC(C)C(C)c1ccc2c(c1)[nH]c1cc(C(C)(C)C)ccc12. The monoisotopic (exact) mass is 293 g/mol. The second-order valence-corrected chi connectivity index (χ2v) is 7.97. The Kier molecular flexibility index (Phi) is 3.55. The van der Waals surface area contributed by atoms with Gasteiger partial charge < -0.3 is 4.98 Å². The summed E-state index contributed by atoms with van der Waals surface area (Å²) in [6.45, 7) is 13.7. The molecule has 1 unspecified atom stereocenters. The molecule has 1 heterocycles. The Labute approximate surface area is 133 Å². The van der Waals surface area contributed by atoms with Crippen molar-refractivity contribution in [3.05, 3.63) is 47.5 Å². The zero-order chi connectivity index (χ0) is 16.1. The van der Waals surface area contributed by atoms with Gasteiger partial charge >= 0.3 is 0 Å². The highest BCUT2D eigenvalue weighted by Crippen LogP contribution is 2.33. The van der Waals surface area contributed by atoms with Crippen LogP contribution in [0.25, 0.3) is 21.8 Å². The maximum Gasteiger partial charge on any atom is 0.0467 e. The van der Waals surface area contributed by atoms with Gasteiger partial charge in [-0.05, 0) is 40.5 Å². The molecule has 1 atom stereocenters. The van der Waals surface area contributed by atoms with E-state index in [4.69, 9.17) is 0 Å². The number of nitrogens with one attached hydrogen (secondary N) is 1. The van der Waals surface area contributed by atoms with Gasteiger partial charge in [-0.25, -0.2) is 0 Å². The summed E-state index contributed by atoms with van der Waals surface area (Å²) in [5.41, 5.74) is 5.48. The van der Waals surface area contributed by atoms with Crippen LogP contribution >= 0.6 is 0 Å². The molecule has 3 aromatic rings. The molecule has 0 fully saturated rings. The average molecular weight is 293 g/mol. The van der Waals surface area contributed by atoms with Crippen LogP contribution in [0.15, 0.2) is 36.4 Å². The molecule has 1 N–H and O–H groups in total. The molecule has 1 aromatic heterocycles. The highest BCUT2D eigenvalue weighted by Gasteiger charge is 2.16. The van der Waals surface area contributed by atoms with E-state index in [9.17, 15) is 0 Å². The van der Waals surface area contributed by atoms with Gasteiger partial charge in [0.25, 0.3) is 0 Å². The first kappa shape index (κ1) is 15.1. The topological polar surface area (TPSA) is 15.8 Å². The van der Waals surface area contributed by atoms with Crippen molar-refractivity contribution in [3.63, 3.8) is 0 Å². The van der Waals surface area contributed by atoms with Gasteiger partial charge in [0.1, 0.15) is 0 Å². The lowest BCUT2D eigenvalue weighted by atomic mass is 9.86. The number of benzene rings is 2. The van der Waals surface area contributed by atoms with Gasteiger partial charge in [0.2, 0.25) is 0 Å². The fourth-order valence-electron chi connectivity index (χ4n) is 3.06. The second-order valence-electron chi connectivity index (χ2n) is 7.97. The zero-order valence-electron chi connectivity index (χ0n) is 14.6. The van der Waals surface area contributed by atoms with Crippen molar-refractivity contribution < 1.29 is 0 Å². The second kappa shape index (κ2) is 5.15. The van der Waals surface area contributed by atoms with E-state index in [1.54, 1.807) is 0 Å². The third-order valence-corrected chi connectivity index (χ3v) is 5.01. The Morgan fingerprint density at radius 1 is 0.818 bits per heavy atom.